The number of H-pyrrole nitrogens is 1. The molecule has 3 aromatic rings. The molecule has 0 amide bonds. The smallest absolute Gasteiger partial charge is 0.423 e. The zero-order valence-corrected chi connectivity index (χ0v) is 17.7. The molecule has 1 aromatic heterocycles. The Balaban J connectivity index is 1.70. The van der Waals surface area contributed by atoms with Crippen LogP contribution in [0, 0.1) is 0 Å². The predicted molar refractivity (Wildman–Crippen MR) is 118 cm³/mol. The number of fused-ring (bicyclic) bond motifs is 2. The van der Waals surface area contributed by atoms with Crippen LogP contribution in [0.3, 0.4) is 0 Å². The molecule has 0 atom stereocenters. The van der Waals surface area contributed by atoms with Crippen molar-refractivity contribution in [2.75, 3.05) is 6.54 Å². The summed E-state index contributed by atoms with van der Waals surface area (Å²) in [5.41, 5.74) is 2.42. The van der Waals surface area contributed by atoms with Crippen LogP contribution in [0.15, 0.2) is 55.6 Å². The second-order valence-corrected chi connectivity index (χ2v) is 8.50. The van der Waals surface area contributed by atoms with Gasteiger partial charge in [0.2, 0.25) is 0 Å². The second-order valence-electron chi connectivity index (χ2n) is 6.93. The van der Waals surface area contributed by atoms with Crippen molar-refractivity contribution in [3.05, 3.63) is 58.0 Å². The molecule has 3 N–H and O–H groups in total. The molecule has 0 spiro atoms. The van der Waals surface area contributed by atoms with E-state index in [1.807, 2.05) is 13.0 Å². The Hall–Kier alpha value is -3.22. The van der Waals surface area contributed by atoms with Gasteiger partial charge in [-0.3, -0.25) is 4.57 Å². The highest BCUT2D eigenvalue weighted by atomic mass is 32.2. The van der Waals surface area contributed by atoms with Crippen molar-refractivity contribution in [3.8, 4) is 0 Å². The van der Waals surface area contributed by atoms with Crippen LogP contribution in [0.1, 0.15) is 25.0 Å². The van der Waals surface area contributed by atoms with E-state index >= 15 is 0 Å². The van der Waals surface area contributed by atoms with Gasteiger partial charge >= 0.3 is 12.8 Å². The van der Waals surface area contributed by atoms with Crippen LogP contribution >= 0.6 is 0 Å². The van der Waals surface area contributed by atoms with Gasteiger partial charge in [0.15, 0.2) is 5.84 Å². The molecule has 1 aliphatic rings. The molecule has 0 saturated heterocycles. The van der Waals surface area contributed by atoms with Crippen LogP contribution in [-0.2, 0) is 16.6 Å². The lowest BCUT2D eigenvalue weighted by atomic mass is 9.80. The van der Waals surface area contributed by atoms with Gasteiger partial charge in [-0.1, -0.05) is 18.2 Å². The van der Waals surface area contributed by atoms with E-state index in [0.29, 0.717) is 18.7 Å². The molecule has 1 aliphatic heterocycles. The average molecular weight is 441 g/mol. The fourth-order valence-electron chi connectivity index (χ4n) is 3.48. The molecule has 0 fully saturated rings. The Morgan fingerprint density at radius 1 is 1.23 bits per heavy atom. The van der Waals surface area contributed by atoms with E-state index in [1.54, 1.807) is 29.8 Å². The molecule has 2 aromatic carbocycles. The summed E-state index contributed by atoms with van der Waals surface area (Å²) in [5, 5.41) is 24.5. The third-order valence-electron chi connectivity index (χ3n) is 5.04. The van der Waals surface area contributed by atoms with Crippen molar-refractivity contribution in [2.45, 2.75) is 25.3 Å². The summed E-state index contributed by atoms with van der Waals surface area (Å²) in [4.78, 5) is 14.7. The first-order chi connectivity index (χ1) is 14.7. The number of hydrogen-bond donors (Lipinski definition) is 3. The molecule has 4 rings (SSSR count). The highest BCUT2D eigenvalue weighted by Gasteiger charge is 2.33. The Labute approximate surface area is 178 Å². The first-order valence-corrected chi connectivity index (χ1v) is 11.1. The van der Waals surface area contributed by atoms with Crippen LogP contribution in [0.5, 0.6) is 0 Å². The molecule has 31 heavy (non-hydrogen) atoms. The summed E-state index contributed by atoms with van der Waals surface area (Å²) in [6, 6.07) is 9.52. The molecule has 0 bridgehead atoms. The summed E-state index contributed by atoms with van der Waals surface area (Å²) in [5.74, 6) is 0.154. The standard InChI is InChI=1S/C19H20BN5O5S/c1-3-24-16-9-12(5-8-15(16)22-19(24)26)11-21-25(4-2)18-14-7-6-13(20(27)28)10-17(14)31(29,30)23-18/h5-11,27-28H,3-4H2,1-2H3,(H,22,26)/b21-11+. The summed E-state index contributed by atoms with van der Waals surface area (Å²) < 4.78 is 30.4. The lowest BCUT2D eigenvalue weighted by Gasteiger charge is -2.16. The molecule has 2 heterocycles. The number of rotatable bonds is 5. The zero-order valence-electron chi connectivity index (χ0n) is 16.8. The second kappa shape index (κ2) is 7.80. The number of hydrazone groups is 1. The fourth-order valence-corrected chi connectivity index (χ4v) is 4.72. The van der Waals surface area contributed by atoms with Crippen LogP contribution in [0.25, 0.3) is 11.0 Å². The minimum Gasteiger partial charge on any atom is -0.423 e. The normalized spacial score (nSPS) is 14.8. The van der Waals surface area contributed by atoms with Crippen molar-refractivity contribution >= 4 is 45.7 Å². The maximum absolute atomic E-state index is 12.5. The average Bonchev–Trinajstić information content (AvgIpc) is 3.20. The summed E-state index contributed by atoms with van der Waals surface area (Å²) >= 11 is 0. The molecule has 0 unspecified atom stereocenters. The highest BCUT2D eigenvalue weighted by molar-refractivity contribution is 7.90. The van der Waals surface area contributed by atoms with Gasteiger partial charge in [-0.2, -0.15) is 13.5 Å². The van der Waals surface area contributed by atoms with Crippen LogP contribution in [0.2, 0.25) is 0 Å². The van der Waals surface area contributed by atoms with Crippen LogP contribution < -0.4 is 11.2 Å². The molecular weight excluding hydrogens is 421 g/mol. The number of aromatic nitrogens is 2. The molecule has 0 radical (unpaired) electrons. The van der Waals surface area contributed by atoms with Gasteiger partial charge in [0.25, 0.3) is 10.0 Å². The minimum atomic E-state index is -3.98. The van der Waals surface area contributed by atoms with E-state index in [1.165, 1.54) is 23.2 Å². The third-order valence-corrected chi connectivity index (χ3v) is 6.34. The molecule has 0 saturated carbocycles. The molecule has 0 aliphatic carbocycles. The van der Waals surface area contributed by atoms with E-state index in [0.717, 1.165) is 16.6 Å². The maximum Gasteiger partial charge on any atom is 0.488 e. The first-order valence-electron chi connectivity index (χ1n) is 9.64. The first kappa shape index (κ1) is 21.0. The fraction of sp³-hybridized carbons (Fsp3) is 0.211. The molecule has 10 nitrogen and oxygen atoms in total. The largest absolute Gasteiger partial charge is 0.488 e. The molecule has 160 valence electrons. The van der Waals surface area contributed by atoms with Gasteiger partial charge < -0.3 is 15.0 Å². The van der Waals surface area contributed by atoms with Gasteiger partial charge in [-0.25, -0.2) is 9.80 Å². The quantitative estimate of drug-likeness (QED) is 0.286. The van der Waals surface area contributed by atoms with E-state index in [-0.39, 0.29) is 21.9 Å². The Kier molecular flexibility index (Phi) is 5.29. The SMILES string of the molecule is CCN(/N=C/c1ccc2[nH]c(=O)n(CC)c2c1)C1=NS(=O)(=O)c2cc(B(O)O)ccc21. The summed E-state index contributed by atoms with van der Waals surface area (Å²) in [7, 11) is -5.76. The van der Waals surface area contributed by atoms with Crippen molar-refractivity contribution < 1.29 is 18.5 Å². The van der Waals surface area contributed by atoms with Gasteiger partial charge in [-0.15, -0.1) is 4.40 Å². The topological polar surface area (TPSA) is 140 Å². The van der Waals surface area contributed by atoms with E-state index in [9.17, 15) is 23.3 Å². The van der Waals surface area contributed by atoms with E-state index in [4.69, 9.17) is 0 Å². The summed E-state index contributed by atoms with van der Waals surface area (Å²) in [6.45, 7) is 4.56. The lowest BCUT2D eigenvalue weighted by Crippen LogP contribution is -2.31. The maximum atomic E-state index is 12.5. The van der Waals surface area contributed by atoms with Crippen molar-refractivity contribution in [2.24, 2.45) is 9.50 Å². The van der Waals surface area contributed by atoms with Crippen molar-refractivity contribution in [1.29, 1.82) is 0 Å². The van der Waals surface area contributed by atoms with Gasteiger partial charge in [0, 0.05) is 18.7 Å². The highest BCUT2D eigenvalue weighted by Crippen LogP contribution is 2.27. The van der Waals surface area contributed by atoms with Crippen LogP contribution in [-0.4, -0.2) is 58.7 Å². The van der Waals surface area contributed by atoms with E-state index in [2.05, 4.69) is 14.5 Å². The molecule has 12 heteroatoms. The monoisotopic (exact) mass is 441 g/mol. The van der Waals surface area contributed by atoms with E-state index < -0.39 is 17.1 Å². The number of aromatic amines is 1. The predicted octanol–water partition coefficient (Wildman–Crippen LogP) is -0.166. The van der Waals surface area contributed by atoms with Crippen molar-refractivity contribution in [1.82, 2.24) is 14.6 Å². The lowest BCUT2D eigenvalue weighted by molar-refractivity contribution is 0.425. The number of imidazole rings is 1. The van der Waals surface area contributed by atoms with Gasteiger partial charge in [0.05, 0.1) is 17.2 Å². The number of nitrogens with one attached hydrogen (secondary N) is 1. The number of amidine groups is 1. The zero-order chi connectivity index (χ0) is 22.3. The Morgan fingerprint density at radius 2 is 2.00 bits per heavy atom. The number of sulfonamides is 1. The third kappa shape index (κ3) is 3.69. The summed E-state index contributed by atoms with van der Waals surface area (Å²) in [6.07, 6.45) is 1.57. The number of hydrogen-bond acceptors (Lipinski definition) is 7. The van der Waals surface area contributed by atoms with Gasteiger partial charge in [0.1, 0.15) is 4.90 Å². The number of aryl methyl sites for hydroxylation is 1. The van der Waals surface area contributed by atoms with Gasteiger partial charge in [-0.05, 0) is 43.1 Å². The minimum absolute atomic E-state index is 0.0621. The molecular formula is C19H20BN5O5S. The number of nitrogens with zero attached hydrogens (tertiary/aromatic N) is 4. The number of benzene rings is 2. The van der Waals surface area contributed by atoms with Crippen molar-refractivity contribution in [3.63, 3.8) is 0 Å². The Bertz CT molecular complexity index is 1390. The Morgan fingerprint density at radius 3 is 2.68 bits per heavy atom. The van der Waals surface area contributed by atoms with Crippen LogP contribution in [0.4, 0.5) is 0 Å².